The minimum Gasteiger partial charge on any atom is -0.497 e. The second-order valence-corrected chi connectivity index (χ2v) is 8.10. The number of anilines is 1. The van der Waals surface area contributed by atoms with Gasteiger partial charge in [-0.05, 0) is 83.4 Å². The van der Waals surface area contributed by atoms with Crippen molar-refractivity contribution < 1.29 is 13.9 Å². The zero-order chi connectivity index (χ0) is 24.4. The summed E-state index contributed by atoms with van der Waals surface area (Å²) in [6.45, 7) is 1.67. The maximum atomic E-state index is 14.3. The van der Waals surface area contributed by atoms with Crippen molar-refractivity contribution in [2.45, 2.75) is 19.8 Å². The van der Waals surface area contributed by atoms with Crippen LogP contribution in [-0.4, -0.2) is 38.2 Å². The Morgan fingerprint density at radius 1 is 1.11 bits per heavy atom. The second-order valence-electron chi connectivity index (χ2n) is 8.10. The molecule has 0 radical (unpaired) electrons. The normalized spacial score (nSPS) is 11.1. The summed E-state index contributed by atoms with van der Waals surface area (Å²) >= 11 is 0. The molecule has 2 aromatic heterocycles. The van der Waals surface area contributed by atoms with Crippen LogP contribution in [0.4, 0.5) is 10.1 Å². The van der Waals surface area contributed by atoms with Crippen LogP contribution in [0.1, 0.15) is 17.8 Å². The molecule has 5 aromatic rings. The number of hydrogen-bond donors (Lipinski definition) is 2. The molecule has 0 unspecified atom stereocenters. The number of rotatable bonds is 7. The van der Waals surface area contributed by atoms with Crippen LogP contribution < -0.4 is 10.1 Å². The number of tetrazole rings is 1. The molecular weight excluding hydrogens is 447 g/mol. The second kappa shape index (κ2) is 9.38. The Morgan fingerprint density at radius 2 is 1.91 bits per heavy atom. The highest BCUT2D eigenvalue weighted by Gasteiger charge is 2.16. The number of halogens is 1. The summed E-state index contributed by atoms with van der Waals surface area (Å²) in [5.41, 5.74) is 4.69. The highest BCUT2D eigenvalue weighted by Crippen LogP contribution is 2.32. The number of carbonyl (C=O) groups is 1. The molecule has 0 aliphatic rings. The Hall–Kier alpha value is -4.53. The van der Waals surface area contributed by atoms with E-state index in [1.54, 1.807) is 14.0 Å². The number of aromatic amines is 1. The lowest BCUT2D eigenvalue weighted by molar-refractivity contribution is -0.116. The Balaban J connectivity index is 1.37. The van der Waals surface area contributed by atoms with E-state index >= 15 is 0 Å². The lowest BCUT2D eigenvalue weighted by Gasteiger charge is -2.10. The van der Waals surface area contributed by atoms with Gasteiger partial charge in [0.15, 0.2) is 5.82 Å². The van der Waals surface area contributed by atoms with Crippen molar-refractivity contribution in [3.8, 4) is 22.7 Å². The van der Waals surface area contributed by atoms with Crippen molar-refractivity contribution >= 4 is 22.5 Å². The summed E-state index contributed by atoms with van der Waals surface area (Å²) in [5.74, 6) is 0.558. The maximum Gasteiger partial charge on any atom is 0.224 e. The Kier molecular flexibility index (Phi) is 5.97. The number of aromatic nitrogens is 5. The van der Waals surface area contributed by atoms with Crippen LogP contribution in [0.25, 0.3) is 27.8 Å². The van der Waals surface area contributed by atoms with Crippen LogP contribution in [-0.2, 0) is 11.2 Å². The smallest absolute Gasteiger partial charge is 0.224 e. The number of methoxy groups -OCH3 is 1. The highest BCUT2D eigenvalue weighted by atomic mass is 19.1. The molecule has 2 N–H and O–H groups in total. The van der Waals surface area contributed by atoms with Gasteiger partial charge in [0.2, 0.25) is 5.91 Å². The van der Waals surface area contributed by atoms with Crippen LogP contribution in [0, 0.1) is 12.7 Å². The van der Waals surface area contributed by atoms with Gasteiger partial charge in [-0.2, -0.15) is 4.68 Å². The van der Waals surface area contributed by atoms with E-state index in [0.717, 1.165) is 33.5 Å². The monoisotopic (exact) mass is 470 g/mol. The number of hydrogen-bond acceptors (Lipinski definition) is 5. The van der Waals surface area contributed by atoms with Crippen LogP contribution in [0.5, 0.6) is 5.75 Å². The van der Waals surface area contributed by atoms with Crippen molar-refractivity contribution in [1.82, 2.24) is 25.2 Å². The number of amides is 1. The minimum atomic E-state index is -0.485. The van der Waals surface area contributed by atoms with Crippen molar-refractivity contribution in [3.63, 3.8) is 0 Å². The van der Waals surface area contributed by atoms with Crippen molar-refractivity contribution in [1.29, 1.82) is 0 Å². The number of benzene rings is 3. The summed E-state index contributed by atoms with van der Waals surface area (Å²) in [7, 11) is 1.63. The van der Waals surface area contributed by atoms with E-state index in [4.69, 9.17) is 4.74 Å². The zero-order valence-electron chi connectivity index (χ0n) is 19.2. The molecule has 0 bridgehead atoms. The van der Waals surface area contributed by atoms with E-state index in [1.165, 1.54) is 22.9 Å². The number of para-hydroxylation sites is 1. The van der Waals surface area contributed by atoms with Gasteiger partial charge in [0, 0.05) is 28.7 Å². The molecule has 2 heterocycles. The molecule has 0 aliphatic heterocycles. The number of nitrogens with one attached hydrogen (secondary N) is 2. The molecule has 0 atom stereocenters. The number of fused-ring (bicyclic) bond motifs is 1. The molecule has 176 valence electrons. The van der Waals surface area contributed by atoms with E-state index in [9.17, 15) is 9.18 Å². The predicted octanol–water partition coefficient (Wildman–Crippen LogP) is 4.84. The summed E-state index contributed by atoms with van der Waals surface area (Å²) in [4.78, 5) is 16.3. The Morgan fingerprint density at radius 3 is 2.66 bits per heavy atom. The molecule has 5 rings (SSSR count). The standard InChI is InChI=1S/C26H23FN6O2/c1-16-30-31-32-33(16)24-15-18(9-13-22(24)27)28-25(34)14-12-21-20-5-3-4-6-23(20)29-26(21)17-7-10-19(35-2)11-8-17/h3-11,13,15,29H,12,14H2,1-2H3,(H,28,34). The van der Waals surface area contributed by atoms with Crippen molar-refractivity contribution in [2.75, 3.05) is 12.4 Å². The largest absolute Gasteiger partial charge is 0.497 e. The van der Waals surface area contributed by atoms with E-state index in [1.807, 2.05) is 48.5 Å². The minimum absolute atomic E-state index is 0.170. The third kappa shape index (κ3) is 4.48. The molecule has 0 spiro atoms. The number of H-pyrrole nitrogens is 1. The van der Waals surface area contributed by atoms with Gasteiger partial charge in [-0.25, -0.2) is 4.39 Å². The lowest BCUT2D eigenvalue weighted by Crippen LogP contribution is -2.13. The number of carbonyl (C=O) groups excluding carboxylic acids is 1. The van der Waals surface area contributed by atoms with Crippen LogP contribution >= 0.6 is 0 Å². The molecule has 0 saturated carbocycles. The zero-order valence-corrected chi connectivity index (χ0v) is 19.2. The molecular formula is C26H23FN6O2. The van der Waals surface area contributed by atoms with Gasteiger partial charge in [-0.1, -0.05) is 18.2 Å². The third-order valence-corrected chi connectivity index (χ3v) is 5.88. The summed E-state index contributed by atoms with van der Waals surface area (Å²) in [5, 5.41) is 15.1. The highest BCUT2D eigenvalue weighted by molar-refractivity contribution is 5.94. The number of ether oxygens (including phenoxy) is 1. The van der Waals surface area contributed by atoms with E-state index < -0.39 is 5.82 Å². The molecule has 0 aliphatic carbocycles. The van der Waals surface area contributed by atoms with Gasteiger partial charge in [0.25, 0.3) is 0 Å². The average Bonchev–Trinajstić information content (AvgIpc) is 3.47. The molecule has 0 fully saturated rings. The first kappa shape index (κ1) is 22.3. The molecule has 0 saturated heterocycles. The van der Waals surface area contributed by atoms with Gasteiger partial charge >= 0.3 is 0 Å². The van der Waals surface area contributed by atoms with Crippen molar-refractivity contribution in [2.24, 2.45) is 0 Å². The average molecular weight is 471 g/mol. The first-order chi connectivity index (χ1) is 17.0. The van der Waals surface area contributed by atoms with Gasteiger partial charge in [0.05, 0.1) is 7.11 Å². The fourth-order valence-corrected chi connectivity index (χ4v) is 4.13. The Labute approximate surface area is 200 Å². The van der Waals surface area contributed by atoms with Crippen LogP contribution in [0.3, 0.4) is 0 Å². The molecule has 1 amide bonds. The van der Waals surface area contributed by atoms with Crippen LogP contribution in [0.15, 0.2) is 66.7 Å². The third-order valence-electron chi connectivity index (χ3n) is 5.88. The Bertz CT molecular complexity index is 1510. The quantitative estimate of drug-likeness (QED) is 0.355. The van der Waals surface area contributed by atoms with Gasteiger partial charge in [-0.3, -0.25) is 4.79 Å². The van der Waals surface area contributed by atoms with Crippen LogP contribution in [0.2, 0.25) is 0 Å². The first-order valence-electron chi connectivity index (χ1n) is 11.1. The first-order valence-corrected chi connectivity index (χ1v) is 11.1. The van der Waals surface area contributed by atoms with Gasteiger partial charge in [-0.15, -0.1) is 5.10 Å². The van der Waals surface area contributed by atoms with E-state index in [-0.39, 0.29) is 18.0 Å². The summed E-state index contributed by atoms with van der Waals surface area (Å²) in [6, 6.07) is 20.2. The lowest BCUT2D eigenvalue weighted by atomic mass is 10.0. The molecule has 3 aromatic carbocycles. The molecule has 8 nitrogen and oxygen atoms in total. The van der Waals surface area contributed by atoms with E-state index in [0.29, 0.717) is 17.9 Å². The van der Waals surface area contributed by atoms with Crippen molar-refractivity contribution in [3.05, 3.63) is 83.9 Å². The number of aryl methyl sites for hydroxylation is 2. The van der Waals surface area contributed by atoms with E-state index in [2.05, 4.69) is 25.8 Å². The summed E-state index contributed by atoms with van der Waals surface area (Å²) in [6.07, 6.45) is 0.777. The fraction of sp³-hybridized carbons (Fsp3) is 0.154. The van der Waals surface area contributed by atoms with Gasteiger partial charge < -0.3 is 15.0 Å². The molecule has 9 heteroatoms. The topological polar surface area (TPSA) is 97.7 Å². The predicted molar refractivity (Wildman–Crippen MR) is 131 cm³/mol. The molecule has 35 heavy (non-hydrogen) atoms. The van der Waals surface area contributed by atoms with Gasteiger partial charge in [0.1, 0.15) is 17.3 Å². The SMILES string of the molecule is COc1ccc(-c2[nH]c3ccccc3c2CCC(=O)Nc2ccc(F)c(-n3nnnc3C)c2)cc1. The fourth-order valence-electron chi connectivity index (χ4n) is 4.13. The summed E-state index contributed by atoms with van der Waals surface area (Å²) < 4.78 is 20.9. The number of nitrogens with zero attached hydrogens (tertiary/aromatic N) is 4. The maximum absolute atomic E-state index is 14.3.